The van der Waals surface area contributed by atoms with Gasteiger partial charge >= 0.3 is 24.1 Å². The second-order valence-electron chi connectivity index (χ2n) is 5.15. The first-order valence-corrected chi connectivity index (χ1v) is 6.94. The highest BCUT2D eigenvalue weighted by atomic mass is 19.4. The fourth-order valence-corrected chi connectivity index (χ4v) is 2.25. The fourth-order valence-electron chi connectivity index (χ4n) is 2.25. The lowest BCUT2D eigenvalue weighted by Crippen LogP contribution is -2.36. The van der Waals surface area contributed by atoms with Gasteiger partial charge in [-0.05, 0) is 31.4 Å². The second kappa shape index (κ2) is 7.81. The summed E-state index contributed by atoms with van der Waals surface area (Å²) in [6.07, 6.45) is -2.24. The van der Waals surface area contributed by atoms with E-state index >= 15 is 0 Å². The maximum absolute atomic E-state index is 11.1. The lowest BCUT2D eigenvalue weighted by atomic mass is 10.1. The molecule has 1 fully saturated rings. The molecule has 1 aliphatic rings. The number of aromatic nitrogens is 1. The number of pyridine rings is 1. The van der Waals surface area contributed by atoms with Crippen molar-refractivity contribution in [1.82, 2.24) is 4.98 Å². The summed E-state index contributed by atoms with van der Waals surface area (Å²) in [6, 6.07) is 0.867. The molecule has 0 bridgehead atoms. The van der Waals surface area contributed by atoms with Gasteiger partial charge in [0.15, 0.2) is 0 Å². The van der Waals surface area contributed by atoms with Gasteiger partial charge in [-0.2, -0.15) is 13.2 Å². The first kappa shape index (κ1) is 20.2. The van der Waals surface area contributed by atoms with Crippen LogP contribution in [0.3, 0.4) is 0 Å². The predicted octanol–water partition coefficient (Wildman–Crippen LogP) is 1.77. The van der Waals surface area contributed by atoms with Crippen molar-refractivity contribution in [2.24, 2.45) is 0 Å². The molecule has 2 rings (SSSR count). The number of alkyl halides is 3. The van der Waals surface area contributed by atoms with E-state index in [2.05, 4.69) is 4.98 Å². The molecule has 0 radical (unpaired) electrons. The van der Waals surface area contributed by atoms with Crippen molar-refractivity contribution in [3.8, 4) is 0 Å². The lowest BCUT2D eigenvalue weighted by Gasteiger charge is -2.25. The Bertz CT molecular complexity index is 677. The third-order valence-corrected chi connectivity index (χ3v) is 3.38. The standard InChI is InChI=1S/C12H14N2O4.C2HF3O2/c1-7-6-13-8(11(15)16)5-10(7)14-4-2-3-9(14)12(17)18;3-2(4,5)1(6)7/h5-6,9H,2-4H2,1H3,(H,15,16)(H,17,18);(H,6,7)/t9-;/m0./s1. The summed E-state index contributed by atoms with van der Waals surface area (Å²) in [5, 5.41) is 25.2. The topological polar surface area (TPSA) is 128 Å². The van der Waals surface area contributed by atoms with E-state index < -0.39 is 30.1 Å². The highest BCUT2D eigenvalue weighted by Crippen LogP contribution is 2.28. The number of anilines is 1. The molecule has 0 aliphatic carbocycles. The number of carboxylic acids is 3. The van der Waals surface area contributed by atoms with Crippen LogP contribution < -0.4 is 4.90 Å². The molecule has 1 aromatic rings. The first-order valence-electron chi connectivity index (χ1n) is 6.94. The molecule has 0 aromatic carbocycles. The highest BCUT2D eigenvalue weighted by molar-refractivity contribution is 5.87. The summed E-state index contributed by atoms with van der Waals surface area (Å²) < 4.78 is 31.7. The largest absolute Gasteiger partial charge is 0.490 e. The van der Waals surface area contributed by atoms with Crippen LogP contribution in [0.1, 0.15) is 28.9 Å². The van der Waals surface area contributed by atoms with E-state index in [1.54, 1.807) is 11.8 Å². The van der Waals surface area contributed by atoms with Crippen LogP contribution in [0.2, 0.25) is 0 Å². The number of hydrogen-bond donors (Lipinski definition) is 3. The molecule has 0 amide bonds. The summed E-state index contributed by atoms with van der Waals surface area (Å²) in [5.74, 6) is -4.74. The molecule has 11 heteroatoms. The minimum atomic E-state index is -5.08. The highest BCUT2D eigenvalue weighted by Gasteiger charge is 2.38. The SMILES string of the molecule is Cc1cnc(C(=O)O)cc1N1CCC[C@H]1C(=O)O.O=C(O)C(F)(F)F. The minimum absolute atomic E-state index is 0.0633. The van der Waals surface area contributed by atoms with Crippen LogP contribution in [0.5, 0.6) is 0 Å². The number of hydrogen-bond acceptors (Lipinski definition) is 5. The van der Waals surface area contributed by atoms with Crippen LogP contribution in [0.25, 0.3) is 0 Å². The van der Waals surface area contributed by atoms with Crippen LogP contribution in [-0.2, 0) is 9.59 Å². The summed E-state index contributed by atoms with van der Waals surface area (Å²) in [5.41, 5.74) is 1.37. The first-order chi connectivity index (χ1) is 11.4. The van der Waals surface area contributed by atoms with Crippen LogP contribution in [0.15, 0.2) is 12.3 Å². The third kappa shape index (κ3) is 5.33. The number of aromatic carboxylic acids is 1. The number of nitrogens with zero attached hydrogens (tertiary/aromatic N) is 2. The maximum atomic E-state index is 11.1. The fraction of sp³-hybridized carbons (Fsp3) is 0.429. The molecule has 2 heterocycles. The van der Waals surface area contributed by atoms with E-state index in [4.69, 9.17) is 20.1 Å². The van der Waals surface area contributed by atoms with Crippen molar-refractivity contribution < 1.29 is 42.9 Å². The zero-order chi connectivity index (χ0) is 19.4. The molecular weight excluding hydrogens is 349 g/mol. The Balaban J connectivity index is 0.000000381. The molecule has 1 aromatic heterocycles. The van der Waals surface area contributed by atoms with Gasteiger partial charge < -0.3 is 20.2 Å². The monoisotopic (exact) mass is 364 g/mol. The van der Waals surface area contributed by atoms with E-state index in [-0.39, 0.29) is 5.69 Å². The average molecular weight is 364 g/mol. The molecule has 0 spiro atoms. The van der Waals surface area contributed by atoms with Gasteiger partial charge in [0.05, 0.1) is 0 Å². The molecule has 0 saturated carbocycles. The Kier molecular flexibility index (Phi) is 6.31. The molecule has 25 heavy (non-hydrogen) atoms. The van der Waals surface area contributed by atoms with Gasteiger partial charge in [0, 0.05) is 18.4 Å². The number of aliphatic carboxylic acids is 2. The summed E-state index contributed by atoms with van der Waals surface area (Å²) in [4.78, 5) is 36.5. The minimum Gasteiger partial charge on any atom is -0.480 e. The average Bonchev–Trinajstić information content (AvgIpc) is 2.96. The molecule has 1 saturated heterocycles. The Morgan fingerprint density at radius 3 is 2.24 bits per heavy atom. The van der Waals surface area contributed by atoms with Crippen LogP contribution in [0, 0.1) is 6.92 Å². The van der Waals surface area contributed by atoms with Crippen molar-refractivity contribution >= 4 is 23.6 Å². The quantitative estimate of drug-likeness (QED) is 0.740. The Morgan fingerprint density at radius 1 is 1.24 bits per heavy atom. The Morgan fingerprint density at radius 2 is 1.80 bits per heavy atom. The summed E-state index contributed by atoms with van der Waals surface area (Å²) in [7, 11) is 0. The van der Waals surface area contributed by atoms with Crippen molar-refractivity contribution in [2.75, 3.05) is 11.4 Å². The van der Waals surface area contributed by atoms with Crippen LogP contribution >= 0.6 is 0 Å². The van der Waals surface area contributed by atoms with E-state index in [0.717, 1.165) is 12.0 Å². The van der Waals surface area contributed by atoms with Crippen molar-refractivity contribution in [3.05, 3.63) is 23.5 Å². The van der Waals surface area contributed by atoms with Crippen LogP contribution in [0.4, 0.5) is 18.9 Å². The number of carboxylic acid groups (broad SMARTS) is 3. The van der Waals surface area contributed by atoms with Gasteiger partial charge in [-0.15, -0.1) is 0 Å². The molecule has 8 nitrogen and oxygen atoms in total. The van der Waals surface area contributed by atoms with Gasteiger partial charge in [-0.3, -0.25) is 0 Å². The summed E-state index contributed by atoms with van der Waals surface area (Å²) >= 11 is 0. The zero-order valence-corrected chi connectivity index (χ0v) is 12.9. The van der Waals surface area contributed by atoms with Gasteiger partial charge in [-0.25, -0.2) is 19.4 Å². The Labute approximate surface area is 139 Å². The van der Waals surface area contributed by atoms with Gasteiger partial charge in [-0.1, -0.05) is 0 Å². The molecule has 138 valence electrons. The molecule has 3 N–H and O–H groups in total. The van der Waals surface area contributed by atoms with E-state index in [9.17, 15) is 22.8 Å². The number of rotatable bonds is 3. The maximum Gasteiger partial charge on any atom is 0.490 e. The van der Waals surface area contributed by atoms with Gasteiger partial charge in [0.1, 0.15) is 11.7 Å². The normalized spacial score (nSPS) is 16.8. The van der Waals surface area contributed by atoms with Crippen molar-refractivity contribution in [1.29, 1.82) is 0 Å². The second-order valence-corrected chi connectivity index (χ2v) is 5.15. The Hall–Kier alpha value is -2.85. The van der Waals surface area contributed by atoms with E-state index in [1.807, 2.05) is 0 Å². The van der Waals surface area contributed by atoms with Crippen LogP contribution in [-0.4, -0.2) is 57.0 Å². The summed E-state index contributed by atoms with van der Waals surface area (Å²) in [6.45, 7) is 2.42. The number of carbonyl (C=O) groups is 3. The zero-order valence-electron chi connectivity index (χ0n) is 12.9. The molecule has 1 atom stereocenters. The lowest BCUT2D eigenvalue weighted by molar-refractivity contribution is -0.192. The van der Waals surface area contributed by atoms with E-state index in [0.29, 0.717) is 18.7 Å². The van der Waals surface area contributed by atoms with Crippen molar-refractivity contribution in [3.63, 3.8) is 0 Å². The third-order valence-electron chi connectivity index (χ3n) is 3.38. The van der Waals surface area contributed by atoms with Gasteiger partial charge in [0.25, 0.3) is 0 Å². The smallest absolute Gasteiger partial charge is 0.480 e. The van der Waals surface area contributed by atoms with Crippen molar-refractivity contribution in [2.45, 2.75) is 32.0 Å². The number of halogens is 3. The van der Waals surface area contributed by atoms with E-state index in [1.165, 1.54) is 12.3 Å². The molecule has 0 unspecified atom stereocenters. The molecule has 1 aliphatic heterocycles. The predicted molar refractivity (Wildman–Crippen MR) is 77.6 cm³/mol. The molecular formula is C14H15F3N2O6. The number of aryl methyl sites for hydroxylation is 1. The van der Waals surface area contributed by atoms with Gasteiger partial charge in [0.2, 0.25) is 0 Å².